The molecule has 0 bridgehead atoms. The molecule has 0 amide bonds. The van der Waals surface area contributed by atoms with Crippen molar-refractivity contribution in [3.05, 3.63) is 127 Å². The molecule has 0 aliphatic carbocycles. The van der Waals surface area contributed by atoms with E-state index in [4.69, 9.17) is 0 Å². The molecule has 0 unspecified atom stereocenters. The lowest BCUT2D eigenvalue weighted by molar-refractivity contribution is 0.640. The molecule has 4 heteroatoms. The molecule has 0 saturated carbocycles. The number of halogens is 1. The molecule has 0 aliphatic rings. The van der Waals surface area contributed by atoms with Gasteiger partial charge in [0.2, 0.25) is 0 Å². The lowest BCUT2D eigenvalue weighted by atomic mass is 9.92. The number of benzene rings is 6. The summed E-state index contributed by atoms with van der Waals surface area (Å²) >= 11 is 0. The summed E-state index contributed by atoms with van der Waals surface area (Å²) < 4.78 is 14.9. The summed E-state index contributed by atoms with van der Waals surface area (Å²) in [7, 11) is 0. The predicted molar refractivity (Wildman–Crippen MR) is 155 cm³/mol. The Balaban J connectivity index is 1.54. The summed E-state index contributed by atoms with van der Waals surface area (Å²) in [6, 6.07) is 36.4. The number of fused-ring (bicyclic) bond motifs is 2. The van der Waals surface area contributed by atoms with Gasteiger partial charge in [0.15, 0.2) is 0 Å². The van der Waals surface area contributed by atoms with Crippen molar-refractivity contribution in [1.29, 1.82) is 0 Å². The van der Waals surface area contributed by atoms with Crippen molar-refractivity contribution in [3.8, 4) is 0 Å². The summed E-state index contributed by atoms with van der Waals surface area (Å²) in [5.41, 5.74) is 4.91. The van der Waals surface area contributed by atoms with Crippen molar-refractivity contribution < 1.29 is 4.39 Å². The van der Waals surface area contributed by atoms with Gasteiger partial charge in [-0.15, -0.1) is 0 Å². The minimum Gasteiger partial charge on any atom is -0.308 e. The Kier molecular flexibility index (Phi) is 4.40. The Labute approximate surface area is 217 Å². The number of hydrogen-bond donors (Lipinski definition) is 0. The molecule has 0 spiro atoms. The second-order valence-corrected chi connectivity index (χ2v) is 9.58. The number of rotatable bonds is 3. The zero-order chi connectivity index (χ0) is 25.2. The highest BCUT2D eigenvalue weighted by Crippen LogP contribution is 2.46. The largest absolute Gasteiger partial charge is 0.308 e. The fraction of sp³-hybridized carbons (Fsp3) is 0. The number of anilines is 3. The Bertz CT molecular complexity index is 2080. The molecular weight excluding hydrogens is 469 g/mol. The van der Waals surface area contributed by atoms with E-state index < -0.39 is 0 Å². The van der Waals surface area contributed by atoms with Gasteiger partial charge in [0, 0.05) is 39.3 Å². The fourth-order valence-electron chi connectivity index (χ4n) is 5.89. The first-order chi connectivity index (χ1) is 18.8. The van der Waals surface area contributed by atoms with E-state index in [9.17, 15) is 4.39 Å². The average molecular weight is 490 g/mol. The molecule has 0 N–H and O–H groups in total. The molecule has 178 valence electrons. The second-order valence-electron chi connectivity index (χ2n) is 9.58. The molecule has 0 radical (unpaired) electrons. The second kappa shape index (κ2) is 7.95. The lowest BCUT2D eigenvalue weighted by Gasteiger charge is -2.29. The fourth-order valence-corrected chi connectivity index (χ4v) is 5.89. The van der Waals surface area contributed by atoms with Gasteiger partial charge in [0.05, 0.1) is 28.1 Å². The highest BCUT2D eigenvalue weighted by molar-refractivity contribution is 6.26. The minimum absolute atomic E-state index is 0.200. The van der Waals surface area contributed by atoms with E-state index in [-0.39, 0.29) is 5.82 Å². The van der Waals surface area contributed by atoms with Crippen LogP contribution in [0.15, 0.2) is 122 Å². The normalized spacial score (nSPS) is 11.8. The monoisotopic (exact) mass is 489 g/mol. The summed E-state index contributed by atoms with van der Waals surface area (Å²) in [6.45, 7) is 0. The van der Waals surface area contributed by atoms with Crippen LogP contribution in [0.1, 0.15) is 0 Å². The maximum Gasteiger partial charge on any atom is 0.131 e. The van der Waals surface area contributed by atoms with Gasteiger partial charge in [-0.1, -0.05) is 72.8 Å². The number of aromatic nitrogens is 2. The SMILES string of the molecule is Fc1ccc2ccc3c(N(c4ccnc5ccccc45)c4ccnc5ccccc45)ccc4ccc1c2c43. The molecule has 0 atom stereocenters. The van der Waals surface area contributed by atoms with E-state index in [0.717, 1.165) is 65.8 Å². The molecule has 0 saturated heterocycles. The van der Waals surface area contributed by atoms with Gasteiger partial charge in [-0.2, -0.15) is 0 Å². The van der Waals surface area contributed by atoms with E-state index in [2.05, 4.69) is 63.4 Å². The number of para-hydroxylation sites is 2. The minimum atomic E-state index is -0.200. The summed E-state index contributed by atoms with van der Waals surface area (Å²) in [6.07, 6.45) is 3.72. The van der Waals surface area contributed by atoms with Crippen LogP contribution in [-0.2, 0) is 0 Å². The molecule has 3 nitrogen and oxygen atoms in total. The van der Waals surface area contributed by atoms with Gasteiger partial charge in [-0.25, -0.2) is 4.39 Å². The van der Waals surface area contributed by atoms with E-state index in [1.165, 1.54) is 0 Å². The topological polar surface area (TPSA) is 29.0 Å². The predicted octanol–water partition coefficient (Wildman–Crippen LogP) is 9.29. The van der Waals surface area contributed by atoms with Crippen LogP contribution in [0.25, 0.3) is 54.1 Å². The van der Waals surface area contributed by atoms with E-state index in [1.54, 1.807) is 6.07 Å². The van der Waals surface area contributed by atoms with Gasteiger partial charge in [-0.3, -0.25) is 9.97 Å². The molecule has 2 aromatic heterocycles. The maximum atomic E-state index is 14.9. The van der Waals surface area contributed by atoms with Crippen molar-refractivity contribution in [2.75, 3.05) is 4.90 Å². The van der Waals surface area contributed by atoms with Gasteiger partial charge >= 0.3 is 0 Å². The van der Waals surface area contributed by atoms with E-state index in [0.29, 0.717) is 5.39 Å². The van der Waals surface area contributed by atoms with E-state index in [1.807, 2.05) is 67.0 Å². The summed E-state index contributed by atoms with van der Waals surface area (Å²) in [5, 5.41) is 7.96. The Morgan fingerprint density at radius 3 is 1.61 bits per heavy atom. The Morgan fingerprint density at radius 1 is 0.447 bits per heavy atom. The molecular formula is C34H20FN3. The van der Waals surface area contributed by atoms with Crippen molar-refractivity contribution in [1.82, 2.24) is 9.97 Å². The summed E-state index contributed by atoms with van der Waals surface area (Å²) in [5.74, 6) is -0.200. The van der Waals surface area contributed by atoms with Crippen LogP contribution >= 0.6 is 0 Å². The third-order valence-electron chi connectivity index (χ3n) is 7.56. The van der Waals surface area contributed by atoms with Crippen molar-refractivity contribution >= 4 is 71.2 Å². The van der Waals surface area contributed by atoms with Crippen LogP contribution in [-0.4, -0.2) is 9.97 Å². The molecule has 8 aromatic rings. The first kappa shape index (κ1) is 21.0. The smallest absolute Gasteiger partial charge is 0.131 e. The standard InChI is InChI=1S/C34H20FN3/c35-27-15-11-21-10-14-26-30(16-12-22-9-13-23(27)33(21)34(22)26)38(31-17-19-36-28-7-3-1-5-24(28)31)32-18-20-37-29-8-4-2-6-25(29)32/h1-20H. The Morgan fingerprint density at radius 2 is 0.947 bits per heavy atom. The van der Waals surface area contributed by atoms with Crippen LogP contribution in [0.2, 0.25) is 0 Å². The lowest BCUT2D eigenvalue weighted by Crippen LogP contribution is -2.12. The van der Waals surface area contributed by atoms with Crippen LogP contribution in [0, 0.1) is 5.82 Å². The molecule has 38 heavy (non-hydrogen) atoms. The molecule has 0 aliphatic heterocycles. The third kappa shape index (κ3) is 2.94. The van der Waals surface area contributed by atoms with Crippen LogP contribution in [0.5, 0.6) is 0 Å². The van der Waals surface area contributed by atoms with Crippen LogP contribution in [0.3, 0.4) is 0 Å². The van der Waals surface area contributed by atoms with Crippen LogP contribution < -0.4 is 4.90 Å². The highest BCUT2D eigenvalue weighted by Gasteiger charge is 2.22. The number of nitrogens with zero attached hydrogens (tertiary/aromatic N) is 3. The number of pyridine rings is 2. The molecule has 6 aromatic carbocycles. The first-order valence-electron chi connectivity index (χ1n) is 12.6. The maximum absolute atomic E-state index is 14.9. The molecule has 2 heterocycles. The molecule has 8 rings (SSSR count). The number of hydrogen-bond acceptors (Lipinski definition) is 3. The van der Waals surface area contributed by atoms with Crippen molar-refractivity contribution in [3.63, 3.8) is 0 Å². The van der Waals surface area contributed by atoms with Crippen LogP contribution in [0.4, 0.5) is 21.5 Å². The van der Waals surface area contributed by atoms with Gasteiger partial charge in [-0.05, 0) is 52.6 Å². The average Bonchev–Trinajstić information content (AvgIpc) is 2.98. The van der Waals surface area contributed by atoms with Gasteiger partial charge in [0.25, 0.3) is 0 Å². The van der Waals surface area contributed by atoms with Crippen molar-refractivity contribution in [2.24, 2.45) is 0 Å². The zero-order valence-electron chi connectivity index (χ0n) is 20.3. The third-order valence-corrected chi connectivity index (χ3v) is 7.56. The Hall–Kier alpha value is -5.09. The first-order valence-corrected chi connectivity index (χ1v) is 12.6. The van der Waals surface area contributed by atoms with Crippen molar-refractivity contribution in [2.45, 2.75) is 0 Å². The summed E-state index contributed by atoms with van der Waals surface area (Å²) in [4.78, 5) is 11.6. The molecule has 0 fully saturated rings. The quantitative estimate of drug-likeness (QED) is 0.232. The highest BCUT2D eigenvalue weighted by atomic mass is 19.1. The zero-order valence-corrected chi connectivity index (χ0v) is 20.3. The van der Waals surface area contributed by atoms with Gasteiger partial charge < -0.3 is 4.90 Å². The van der Waals surface area contributed by atoms with E-state index >= 15 is 0 Å². The van der Waals surface area contributed by atoms with Gasteiger partial charge in [0.1, 0.15) is 5.82 Å².